The Hall–Kier alpha value is -0.0400. The molecule has 0 rings (SSSR count). The first kappa shape index (κ1) is 13.0. The van der Waals surface area contributed by atoms with E-state index < -0.39 is 0 Å². The van der Waals surface area contributed by atoms with Gasteiger partial charge in [0.25, 0.3) is 0 Å². The summed E-state index contributed by atoms with van der Waals surface area (Å²) < 4.78 is 5.19. The number of hydrogen-bond acceptors (Lipinski definition) is 1. The van der Waals surface area contributed by atoms with Crippen molar-refractivity contribution in [3.05, 3.63) is 0 Å². The maximum atomic E-state index is 5.19. The molecule has 0 aromatic carbocycles. The van der Waals surface area contributed by atoms with Crippen LogP contribution in [0, 0.1) is 23.7 Å². The zero-order chi connectivity index (χ0) is 10.4. The van der Waals surface area contributed by atoms with Crippen molar-refractivity contribution in [3.8, 4) is 0 Å². The first-order valence-electron chi connectivity index (χ1n) is 5.53. The van der Waals surface area contributed by atoms with Crippen molar-refractivity contribution < 1.29 is 4.74 Å². The maximum absolute atomic E-state index is 5.19. The Morgan fingerprint density at radius 2 is 1.38 bits per heavy atom. The third-order valence-corrected chi connectivity index (χ3v) is 3.70. The van der Waals surface area contributed by atoms with Gasteiger partial charge in [-0.3, -0.25) is 0 Å². The average molecular weight is 186 g/mol. The van der Waals surface area contributed by atoms with Crippen LogP contribution in [0.25, 0.3) is 0 Å². The smallest absolute Gasteiger partial charge is 0.0490 e. The fourth-order valence-electron chi connectivity index (χ4n) is 1.82. The molecule has 0 N–H and O–H groups in total. The van der Waals surface area contributed by atoms with E-state index in [1.165, 1.54) is 6.42 Å². The van der Waals surface area contributed by atoms with Crippen molar-refractivity contribution in [2.45, 2.75) is 41.0 Å². The van der Waals surface area contributed by atoms with Crippen LogP contribution < -0.4 is 0 Å². The number of methoxy groups -OCH3 is 1. The van der Waals surface area contributed by atoms with E-state index in [4.69, 9.17) is 4.74 Å². The van der Waals surface area contributed by atoms with Crippen LogP contribution in [0.15, 0.2) is 0 Å². The highest BCUT2D eigenvalue weighted by molar-refractivity contribution is 4.71. The Bertz CT molecular complexity index is 122. The van der Waals surface area contributed by atoms with Crippen LogP contribution in [0.2, 0.25) is 0 Å². The van der Waals surface area contributed by atoms with Crippen molar-refractivity contribution in [1.82, 2.24) is 0 Å². The van der Waals surface area contributed by atoms with Crippen LogP contribution in [-0.4, -0.2) is 13.7 Å². The highest BCUT2D eigenvalue weighted by atomic mass is 16.5. The van der Waals surface area contributed by atoms with Crippen molar-refractivity contribution in [2.24, 2.45) is 23.7 Å². The second-order valence-electron chi connectivity index (χ2n) is 4.54. The quantitative estimate of drug-likeness (QED) is 0.616. The molecule has 13 heavy (non-hydrogen) atoms. The molecular formula is C12H26O. The summed E-state index contributed by atoms with van der Waals surface area (Å²) in [4.78, 5) is 0. The molecule has 0 aromatic rings. The third-order valence-electron chi connectivity index (χ3n) is 3.70. The lowest BCUT2D eigenvalue weighted by atomic mass is 9.78. The van der Waals surface area contributed by atoms with Crippen LogP contribution in [0.1, 0.15) is 41.0 Å². The number of rotatable bonds is 6. The zero-order valence-corrected chi connectivity index (χ0v) is 10.1. The molecule has 0 aromatic heterocycles. The lowest BCUT2D eigenvalue weighted by molar-refractivity contribution is 0.102. The van der Waals surface area contributed by atoms with Gasteiger partial charge in [0, 0.05) is 13.7 Å². The molecular weight excluding hydrogens is 160 g/mol. The Balaban J connectivity index is 3.99. The van der Waals surface area contributed by atoms with E-state index in [2.05, 4.69) is 34.6 Å². The molecule has 4 atom stereocenters. The van der Waals surface area contributed by atoms with Gasteiger partial charge in [0.2, 0.25) is 0 Å². The lowest BCUT2D eigenvalue weighted by Gasteiger charge is -2.29. The van der Waals surface area contributed by atoms with Gasteiger partial charge in [-0.05, 0) is 23.7 Å². The van der Waals surface area contributed by atoms with Crippen LogP contribution in [-0.2, 0) is 4.74 Å². The number of hydrogen-bond donors (Lipinski definition) is 0. The minimum Gasteiger partial charge on any atom is -0.384 e. The summed E-state index contributed by atoms with van der Waals surface area (Å²) in [7, 11) is 1.79. The predicted molar refractivity (Wildman–Crippen MR) is 58.8 cm³/mol. The maximum Gasteiger partial charge on any atom is 0.0490 e. The average Bonchev–Trinajstić information content (AvgIpc) is 2.14. The van der Waals surface area contributed by atoms with E-state index >= 15 is 0 Å². The SMILES string of the molecule is CCC(C)C(C)C(C)C(C)COC. The fourth-order valence-corrected chi connectivity index (χ4v) is 1.82. The van der Waals surface area contributed by atoms with Crippen molar-refractivity contribution in [1.29, 1.82) is 0 Å². The van der Waals surface area contributed by atoms with E-state index in [-0.39, 0.29) is 0 Å². The molecule has 0 heterocycles. The largest absolute Gasteiger partial charge is 0.384 e. The van der Waals surface area contributed by atoms with Crippen molar-refractivity contribution in [3.63, 3.8) is 0 Å². The van der Waals surface area contributed by atoms with Crippen LogP contribution in [0.4, 0.5) is 0 Å². The van der Waals surface area contributed by atoms with E-state index in [1.54, 1.807) is 7.11 Å². The molecule has 0 spiro atoms. The zero-order valence-electron chi connectivity index (χ0n) is 10.1. The van der Waals surface area contributed by atoms with E-state index in [0.717, 1.165) is 24.4 Å². The van der Waals surface area contributed by atoms with Gasteiger partial charge in [0.05, 0.1) is 0 Å². The third kappa shape index (κ3) is 4.12. The topological polar surface area (TPSA) is 9.23 Å². The molecule has 0 aliphatic rings. The van der Waals surface area contributed by atoms with Gasteiger partial charge in [0.15, 0.2) is 0 Å². The monoisotopic (exact) mass is 186 g/mol. The minimum atomic E-state index is 0.675. The Morgan fingerprint density at radius 3 is 1.77 bits per heavy atom. The molecule has 4 unspecified atom stereocenters. The molecule has 0 aliphatic heterocycles. The summed E-state index contributed by atoms with van der Waals surface area (Å²) in [6.45, 7) is 12.5. The molecule has 0 aliphatic carbocycles. The Morgan fingerprint density at radius 1 is 0.923 bits per heavy atom. The van der Waals surface area contributed by atoms with Gasteiger partial charge in [0.1, 0.15) is 0 Å². The van der Waals surface area contributed by atoms with E-state index in [0.29, 0.717) is 5.92 Å². The van der Waals surface area contributed by atoms with Gasteiger partial charge >= 0.3 is 0 Å². The molecule has 0 radical (unpaired) electrons. The van der Waals surface area contributed by atoms with Gasteiger partial charge in [-0.2, -0.15) is 0 Å². The first-order chi connectivity index (χ1) is 6.04. The molecule has 0 saturated heterocycles. The first-order valence-corrected chi connectivity index (χ1v) is 5.53. The summed E-state index contributed by atoms with van der Waals surface area (Å²) >= 11 is 0. The van der Waals surface area contributed by atoms with Gasteiger partial charge in [-0.1, -0.05) is 41.0 Å². The second kappa shape index (κ2) is 6.42. The predicted octanol–water partition coefficient (Wildman–Crippen LogP) is 3.59. The summed E-state index contributed by atoms with van der Waals surface area (Å²) in [5, 5.41) is 0. The normalized spacial score (nSPS) is 20.8. The summed E-state index contributed by atoms with van der Waals surface area (Å²) in [5.74, 6) is 3.06. The molecule has 1 nitrogen and oxygen atoms in total. The Labute approximate surface area is 83.9 Å². The van der Waals surface area contributed by atoms with E-state index in [1.807, 2.05) is 0 Å². The van der Waals surface area contributed by atoms with Crippen LogP contribution in [0.5, 0.6) is 0 Å². The van der Waals surface area contributed by atoms with Gasteiger partial charge < -0.3 is 4.74 Å². The number of ether oxygens (including phenoxy) is 1. The van der Waals surface area contributed by atoms with Crippen LogP contribution in [0.3, 0.4) is 0 Å². The molecule has 0 saturated carbocycles. The molecule has 80 valence electrons. The Kier molecular flexibility index (Phi) is 6.40. The van der Waals surface area contributed by atoms with Gasteiger partial charge in [-0.25, -0.2) is 0 Å². The van der Waals surface area contributed by atoms with E-state index in [9.17, 15) is 0 Å². The highest BCUT2D eigenvalue weighted by Gasteiger charge is 2.22. The summed E-state index contributed by atoms with van der Waals surface area (Å²) in [6.07, 6.45) is 1.28. The van der Waals surface area contributed by atoms with Crippen molar-refractivity contribution in [2.75, 3.05) is 13.7 Å². The molecule has 1 heteroatoms. The lowest BCUT2D eigenvalue weighted by Crippen LogP contribution is -2.24. The highest BCUT2D eigenvalue weighted by Crippen LogP contribution is 2.28. The summed E-state index contributed by atoms with van der Waals surface area (Å²) in [6, 6.07) is 0. The molecule has 0 bridgehead atoms. The molecule has 0 amide bonds. The molecule has 0 fully saturated rings. The minimum absolute atomic E-state index is 0.675. The summed E-state index contributed by atoms with van der Waals surface area (Å²) in [5.41, 5.74) is 0. The second-order valence-corrected chi connectivity index (χ2v) is 4.54. The van der Waals surface area contributed by atoms with Gasteiger partial charge in [-0.15, -0.1) is 0 Å². The standard InChI is InChI=1S/C12H26O/c1-7-9(2)11(4)12(5)10(3)8-13-6/h9-12H,7-8H2,1-6H3. The van der Waals surface area contributed by atoms with Crippen LogP contribution >= 0.6 is 0 Å². The fraction of sp³-hybridized carbons (Fsp3) is 1.00. The van der Waals surface area contributed by atoms with Crippen molar-refractivity contribution >= 4 is 0 Å².